The molecule has 1 aromatic carbocycles. The zero-order valence-electron chi connectivity index (χ0n) is 25.7. The number of aromatic nitrogens is 1. The second-order valence-corrected chi connectivity index (χ2v) is 12.2. The van der Waals surface area contributed by atoms with Gasteiger partial charge in [0.2, 0.25) is 0 Å². The molecular weight excluding hydrogens is 474 g/mol. The Kier molecular flexibility index (Phi) is 13.5. The third-order valence-electron chi connectivity index (χ3n) is 8.94. The lowest BCUT2D eigenvalue weighted by Gasteiger charge is -2.25. The zero-order chi connectivity index (χ0) is 28.0. The Hall–Kier alpha value is -2.22. The molecule has 0 amide bonds. The predicted octanol–water partition coefficient (Wildman–Crippen LogP) is 10.5. The van der Waals surface area contributed by atoms with Crippen molar-refractivity contribution < 1.29 is 7.65 Å². The number of Topliss-reactive ketones (excluding diaryl/α,β-unsaturated/α-hetero) is 1. The molecule has 0 aliphatic heterocycles. The standard InChI is InChI=1S/C35H49NO.C2H6.2H2/c1-4-8-27(5-2)21-32-19-20-33(36-35(32)25-28-9-6-7-10-28)22-29-15-17-31(18-16-29)24-34(37)23-30-13-11-26(3)12-14-30;1-2;;/h5,15-20,26,28,30H,4,6-14,21-25H2,1-3H3;1-2H3;2*1H/b27-5+;;;. The second-order valence-electron chi connectivity index (χ2n) is 12.2. The molecule has 2 heteroatoms. The molecule has 1 heterocycles. The summed E-state index contributed by atoms with van der Waals surface area (Å²) in [6.07, 6.45) is 19.6. The summed E-state index contributed by atoms with van der Waals surface area (Å²) < 4.78 is 0. The Morgan fingerprint density at radius 1 is 0.897 bits per heavy atom. The van der Waals surface area contributed by atoms with Gasteiger partial charge >= 0.3 is 0 Å². The molecule has 0 atom stereocenters. The largest absolute Gasteiger partial charge is 0.299 e. The van der Waals surface area contributed by atoms with Gasteiger partial charge in [0.15, 0.2) is 0 Å². The molecule has 0 unspecified atom stereocenters. The van der Waals surface area contributed by atoms with Crippen molar-refractivity contribution in [3.63, 3.8) is 0 Å². The number of carbonyl (C=O) groups is 1. The first-order chi connectivity index (χ1) is 19.0. The highest BCUT2D eigenvalue weighted by Crippen LogP contribution is 2.31. The maximum Gasteiger partial charge on any atom is 0.137 e. The zero-order valence-corrected chi connectivity index (χ0v) is 25.7. The molecular formula is C37H59NO. The minimum atomic E-state index is 0. The van der Waals surface area contributed by atoms with Gasteiger partial charge in [-0.2, -0.15) is 0 Å². The van der Waals surface area contributed by atoms with Crippen LogP contribution in [0.5, 0.6) is 0 Å². The van der Waals surface area contributed by atoms with E-state index in [0.29, 0.717) is 18.1 Å². The molecule has 0 bridgehead atoms. The summed E-state index contributed by atoms with van der Waals surface area (Å²) in [6, 6.07) is 13.3. The van der Waals surface area contributed by atoms with Crippen molar-refractivity contribution in [2.24, 2.45) is 17.8 Å². The van der Waals surface area contributed by atoms with E-state index in [9.17, 15) is 4.79 Å². The maximum atomic E-state index is 12.7. The number of allylic oxidation sites excluding steroid dienone is 2. The van der Waals surface area contributed by atoms with Gasteiger partial charge in [-0.15, -0.1) is 0 Å². The van der Waals surface area contributed by atoms with E-state index in [-0.39, 0.29) is 2.85 Å². The van der Waals surface area contributed by atoms with E-state index in [1.54, 1.807) is 0 Å². The third-order valence-corrected chi connectivity index (χ3v) is 8.94. The van der Waals surface area contributed by atoms with Crippen LogP contribution in [0.15, 0.2) is 48.0 Å². The van der Waals surface area contributed by atoms with Gasteiger partial charge in [-0.05, 0) is 79.5 Å². The highest BCUT2D eigenvalue weighted by Gasteiger charge is 2.21. The van der Waals surface area contributed by atoms with Crippen LogP contribution < -0.4 is 0 Å². The van der Waals surface area contributed by atoms with Crippen LogP contribution in [-0.2, 0) is 30.5 Å². The average Bonchev–Trinajstić information content (AvgIpc) is 3.46. The summed E-state index contributed by atoms with van der Waals surface area (Å²) in [5.41, 5.74) is 7.90. The summed E-state index contributed by atoms with van der Waals surface area (Å²) in [5.74, 6) is 2.66. The van der Waals surface area contributed by atoms with Crippen molar-refractivity contribution >= 4 is 5.78 Å². The van der Waals surface area contributed by atoms with Crippen LogP contribution in [0.2, 0.25) is 0 Å². The number of benzene rings is 1. The van der Waals surface area contributed by atoms with Gasteiger partial charge in [0.25, 0.3) is 0 Å². The van der Waals surface area contributed by atoms with Crippen molar-refractivity contribution in [3.8, 4) is 0 Å². The molecule has 2 saturated carbocycles. The number of nitrogens with zero attached hydrogens (tertiary/aromatic N) is 1. The average molecular weight is 534 g/mol. The fraction of sp³-hybridized carbons (Fsp3) is 0.622. The lowest BCUT2D eigenvalue weighted by molar-refractivity contribution is -0.119. The fourth-order valence-electron chi connectivity index (χ4n) is 6.54. The van der Waals surface area contributed by atoms with Crippen LogP contribution in [-0.4, -0.2) is 10.8 Å². The third kappa shape index (κ3) is 10.4. The van der Waals surface area contributed by atoms with Crippen molar-refractivity contribution in [3.05, 3.63) is 76.1 Å². The molecule has 2 fully saturated rings. The van der Waals surface area contributed by atoms with Crippen molar-refractivity contribution in [2.75, 3.05) is 0 Å². The van der Waals surface area contributed by atoms with Crippen LogP contribution in [0.4, 0.5) is 0 Å². The maximum absolute atomic E-state index is 12.7. The highest BCUT2D eigenvalue weighted by molar-refractivity contribution is 5.81. The monoisotopic (exact) mass is 533 g/mol. The molecule has 0 radical (unpaired) electrons. The van der Waals surface area contributed by atoms with E-state index in [1.807, 2.05) is 13.8 Å². The van der Waals surface area contributed by atoms with Crippen LogP contribution >= 0.6 is 0 Å². The summed E-state index contributed by atoms with van der Waals surface area (Å²) in [6.45, 7) is 10.8. The Bertz CT molecular complexity index is 1030. The SMILES string of the molecule is C/C=C(\CCC)Cc1ccc(Cc2ccc(CC(=O)CC3CCC(C)CC3)cc2)nc1CC1CCCC1.CC.[HH].[HH]. The molecule has 2 aromatic rings. The van der Waals surface area contributed by atoms with Gasteiger partial charge in [-0.25, -0.2) is 0 Å². The summed E-state index contributed by atoms with van der Waals surface area (Å²) in [7, 11) is 0. The Morgan fingerprint density at radius 3 is 2.21 bits per heavy atom. The summed E-state index contributed by atoms with van der Waals surface area (Å²) >= 11 is 0. The Morgan fingerprint density at radius 2 is 1.56 bits per heavy atom. The molecule has 2 aliphatic rings. The second kappa shape index (κ2) is 16.8. The quantitative estimate of drug-likeness (QED) is 0.254. The molecule has 2 aliphatic carbocycles. The van der Waals surface area contributed by atoms with Crippen LogP contribution in [0.3, 0.4) is 0 Å². The minimum absolute atomic E-state index is 0. The van der Waals surface area contributed by atoms with Gasteiger partial charge in [0, 0.05) is 33.5 Å². The van der Waals surface area contributed by atoms with Gasteiger partial charge in [-0.1, -0.05) is 115 Å². The number of hydrogen-bond acceptors (Lipinski definition) is 2. The number of hydrogen-bond donors (Lipinski definition) is 0. The van der Waals surface area contributed by atoms with Gasteiger partial charge in [0.1, 0.15) is 5.78 Å². The molecule has 218 valence electrons. The van der Waals surface area contributed by atoms with Crippen LogP contribution in [0.1, 0.15) is 136 Å². The van der Waals surface area contributed by atoms with E-state index >= 15 is 0 Å². The summed E-state index contributed by atoms with van der Waals surface area (Å²) in [4.78, 5) is 17.9. The lowest BCUT2D eigenvalue weighted by atomic mass is 9.80. The first-order valence-corrected chi connectivity index (χ1v) is 16.2. The van der Waals surface area contributed by atoms with E-state index in [0.717, 1.165) is 43.1 Å². The van der Waals surface area contributed by atoms with Crippen LogP contribution in [0, 0.1) is 17.8 Å². The predicted molar refractivity (Wildman–Crippen MR) is 172 cm³/mol. The molecule has 39 heavy (non-hydrogen) atoms. The van der Waals surface area contributed by atoms with E-state index in [1.165, 1.54) is 92.3 Å². The smallest absolute Gasteiger partial charge is 0.137 e. The number of ketones is 1. The lowest BCUT2D eigenvalue weighted by Crippen LogP contribution is -2.17. The van der Waals surface area contributed by atoms with E-state index in [4.69, 9.17) is 4.98 Å². The first kappa shape index (κ1) is 31.3. The number of rotatable bonds is 12. The van der Waals surface area contributed by atoms with Crippen molar-refractivity contribution in [1.82, 2.24) is 4.98 Å². The fourth-order valence-corrected chi connectivity index (χ4v) is 6.54. The molecule has 0 spiro atoms. The van der Waals surface area contributed by atoms with Gasteiger partial charge < -0.3 is 0 Å². The van der Waals surface area contributed by atoms with Gasteiger partial charge in [0.05, 0.1) is 0 Å². The summed E-state index contributed by atoms with van der Waals surface area (Å²) in [5, 5.41) is 0. The minimum Gasteiger partial charge on any atom is -0.299 e. The Labute approximate surface area is 243 Å². The molecule has 0 N–H and O–H groups in total. The van der Waals surface area contributed by atoms with E-state index in [2.05, 4.69) is 63.2 Å². The molecule has 4 rings (SSSR count). The topological polar surface area (TPSA) is 30.0 Å². The molecule has 0 saturated heterocycles. The van der Waals surface area contributed by atoms with Crippen molar-refractivity contribution in [2.45, 2.75) is 131 Å². The Balaban J connectivity index is 0.00000206. The van der Waals surface area contributed by atoms with Gasteiger partial charge in [-0.3, -0.25) is 9.78 Å². The van der Waals surface area contributed by atoms with Crippen molar-refractivity contribution in [1.29, 1.82) is 0 Å². The van der Waals surface area contributed by atoms with E-state index < -0.39 is 0 Å². The van der Waals surface area contributed by atoms with Crippen LogP contribution in [0.25, 0.3) is 0 Å². The molecule has 1 aromatic heterocycles. The highest BCUT2D eigenvalue weighted by atomic mass is 16.1. The molecule has 2 nitrogen and oxygen atoms in total. The number of pyridine rings is 1. The first-order valence-electron chi connectivity index (χ1n) is 16.2. The number of carbonyl (C=O) groups excluding carboxylic acids is 1. The normalized spacial score (nSPS) is 20.0.